The van der Waals surface area contributed by atoms with Crippen molar-refractivity contribution in [1.29, 1.82) is 0 Å². The van der Waals surface area contributed by atoms with Gasteiger partial charge in [0.1, 0.15) is 5.75 Å². The minimum absolute atomic E-state index is 0.226. The predicted molar refractivity (Wildman–Crippen MR) is 88.3 cm³/mol. The molecule has 0 fully saturated rings. The number of methoxy groups -OCH3 is 1. The zero-order chi connectivity index (χ0) is 16.9. The fraction of sp³-hybridized carbons (Fsp3) is 0.0526. The second kappa shape index (κ2) is 6.83. The van der Waals surface area contributed by atoms with Crippen LogP contribution in [0, 0.1) is 0 Å². The number of ketones is 2. The molecule has 0 aliphatic heterocycles. The van der Waals surface area contributed by atoms with Gasteiger partial charge in [-0.05, 0) is 24.3 Å². The van der Waals surface area contributed by atoms with E-state index in [0.717, 1.165) is 0 Å². The summed E-state index contributed by atoms with van der Waals surface area (Å²) >= 11 is 0. The average Bonchev–Trinajstić information content (AvgIpc) is 2.67. The molecule has 0 spiro atoms. The third-order valence-electron chi connectivity index (χ3n) is 3.61. The average molecular weight is 318 g/mol. The summed E-state index contributed by atoms with van der Waals surface area (Å²) in [4.78, 5) is 25.4. The van der Waals surface area contributed by atoms with Gasteiger partial charge in [-0.1, -0.05) is 30.3 Å². The van der Waals surface area contributed by atoms with Gasteiger partial charge >= 0.3 is 0 Å². The molecule has 1 heterocycles. The van der Waals surface area contributed by atoms with Crippen molar-refractivity contribution in [1.82, 2.24) is 10.2 Å². The van der Waals surface area contributed by atoms with Gasteiger partial charge in [0, 0.05) is 11.1 Å². The van der Waals surface area contributed by atoms with Gasteiger partial charge in [-0.3, -0.25) is 9.59 Å². The van der Waals surface area contributed by atoms with Gasteiger partial charge in [-0.2, -0.15) is 10.2 Å². The SMILES string of the molecule is COc1ccc(C(=O)c2cnncc2C(=O)c2ccccc2)cc1. The Kier molecular flexibility index (Phi) is 4.43. The largest absolute Gasteiger partial charge is 0.497 e. The Hall–Kier alpha value is -3.34. The number of benzene rings is 2. The van der Waals surface area contributed by atoms with Crippen molar-refractivity contribution in [2.45, 2.75) is 0 Å². The van der Waals surface area contributed by atoms with Crippen molar-refractivity contribution in [3.63, 3.8) is 0 Å². The van der Waals surface area contributed by atoms with Crippen molar-refractivity contribution in [3.05, 3.63) is 89.2 Å². The molecule has 0 N–H and O–H groups in total. The van der Waals surface area contributed by atoms with Crippen molar-refractivity contribution in [2.24, 2.45) is 0 Å². The molecule has 0 saturated heterocycles. The summed E-state index contributed by atoms with van der Waals surface area (Å²) in [5.74, 6) is 0.106. The molecule has 24 heavy (non-hydrogen) atoms. The third kappa shape index (κ3) is 3.05. The summed E-state index contributed by atoms with van der Waals surface area (Å²) in [5.41, 5.74) is 1.40. The summed E-state index contributed by atoms with van der Waals surface area (Å²) in [5, 5.41) is 7.51. The molecule has 118 valence electrons. The van der Waals surface area contributed by atoms with E-state index in [0.29, 0.717) is 16.9 Å². The Morgan fingerprint density at radius 2 is 1.25 bits per heavy atom. The van der Waals surface area contributed by atoms with Crippen LogP contribution in [0.3, 0.4) is 0 Å². The van der Waals surface area contributed by atoms with Gasteiger partial charge in [-0.15, -0.1) is 0 Å². The van der Waals surface area contributed by atoms with E-state index >= 15 is 0 Å². The predicted octanol–water partition coefficient (Wildman–Crippen LogP) is 2.95. The lowest BCUT2D eigenvalue weighted by molar-refractivity contribution is 0.100. The molecule has 5 nitrogen and oxygen atoms in total. The third-order valence-corrected chi connectivity index (χ3v) is 3.61. The normalized spacial score (nSPS) is 10.2. The molecule has 2 aromatic carbocycles. The van der Waals surface area contributed by atoms with Crippen LogP contribution in [0.4, 0.5) is 0 Å². The van der Waals surface area contributed by atoms with Crippen LogP contribution in [0.2, 0.25) is 0 Å². The molecule has 0 aliphatic carbocycles. The highest BCUT2D eigenvalue weighted by Crippen LogP contribution is 2.19. The molecule has 0 saturated carbocycles. The summed E-state index contributed by atoms with van der Waals surface area (Å²) in [6.45, 7) is 0. The topological polar surface area (TPSA) is 69.2 Å². The quantitative estimate of drug-likeness (QED) is 0.677. The lowest BCUT2D eigenvalue weighted by Gasteiger charge is -2.07. The van der Waals surface area contributed by atoms with Gasteiger partial charge in [-0.25, -0.2) is 0 Å². The Bertz CT molecular complexity index is 875. The molecule has 3 rings (SSSR count). The highest BCUT2D eigenvalue weighted by Gasteiger charge is 2.20. The molecule has 0 aliphatic rings. The van der Waals surface area contributed by atoms with Crippen molar-refractivity contribution in [3.8, 4) is 5.75 Å². The van der Waals surface area contributed by atoms with E-state index in [1.165, 1.54) is 12.4 Å². The van der Waals surface area contributed by atoms with Crippen LogP contribution in [0.25, 0.3) is 0 Å². The number of carbonyl (C=O) groups is 2. The summed E-state index contributed by atoms with van der Waals surface area (Å²) in [6.07, 6.45) is 2.65. The minimum atomic E-state index is -0.285. The van der Waals surface area contributed by atoms with Crippen molar-refractivity contribution >= 4 is 11.6 Å². The van der Waals surface area contributed by atoms with E-state index in [2.05, 4.69) is 10.2 Å². The van der Waals surface area contributed by atoms with Gasteiger partial charge in [0.2, 0.25) is 0 Å². The maximum absolute atomic E-state index is 12.7. The van der Waals surface area contributed by atoms with Crippen LogP contribution in [0.5, 0.6) is 5.75 Å². The van der Waals surface area contributed by atoms with Crippen molar-refractivity contribution < 1.29 is 14.3 Å². The van der Waals surface area contributed by atoms with E-state index in [1.54, 1.807) is 55.6 Å². The molecular weight excluding hydrogens is 304 g/mol. The van der Waals surface area contributed by atoms with Crippen LogP contribution >= 0.6 is 0 Å². The maximum atomic E-state index is 12.7. The number of carbonyl (C=O) groups excluding carboxylic acids is 2. The highest BCUT2D eigenvalue weighted by molar-refractivity contribution is 6.19. The maximum Gasteiger partial charge on any atom is 0.195 e. The molecule has 5 heteroatoms. The lowest BCUT2D eigenvalue weighted by Crippen LogP contribution is -2.12. The molecular formula is C19H14N2O3. The first-order valence-corrected chi connectivity index (χ1v) is 7.30. The Balaban J connectivity index is 1.99. The van der Waals surface area contributed by atoms with Crippen LogP contribution in [-0.2, 0) is 0 Å². The first-order chi connectivity index (χ1) is 11.7. The fourth-order valence-electron chi connectivity index (χ4n) is 2.33. The summed E-state index contributed by atoms with van der Waals surface area (Å²) in [6, 6.07) is 15.5. The van der Waals surface area contributed by atoms with Gasteiger partial charge in [0.25, 0.3) is 0 Å². The lowest BCUT2D eigenvalue weighted by atomic mass is 9.96. The number of aromatic nitrogens is 2. The minimum Gasteiger partial charge on any atom is -0.497 e. The fourth-order valence-corrected chi connectivity index (χ4v) is 2.33. The first-order valence-electron chi connectivity index (χ1n) is 7.30. The van der Waals surface area contributed by atoms with E-state index in [1.807, 2.05) is 6.07 Å². The zero-order valence-corrected chi connectivity index (χ0v) is 13.0. The van der Waals surface area contributed by atoms with Gasteiger partial charge in [0.15, 0.2) is 11.6 Å². The Morgan fingerprint density at radius 1 is 0.750 bits per heavy atom. The molecule has 0 amide bonds. The van der Waals surface area contributed by atoms with E-state index < -0.39 is 0 Å². The Labute approximate surface area is 138 Å². The van der Waals surface area contributed by atoms with E-state index in [9.17, 15) is 9.59 Å². The number of hydrogen-bond donors (Lipinski definition) is 0. The van der Waals surface area contributed by atoms with E-state index in [-0.39, 0.29) is 22.7 Å². The van der Waals surface area contributed by atoms with E-state index in [4.69, 9.17) is 4.74 Å². The number of ether oxygens (including phenoxy) is 1. The molecule has 0 atom stereocenters. The zero-order valence-electron chi connectivity index (χ0n) is 13.0. The van der Waals surface area contributed by atoms with Gasteiger partial charge in [0.05, 0.1) is 30.6 Å². The monoisotopic (exact) mass is 318 g/mol. The number of nitrogens with zero attached hydrogens (tertiary/aromatic N) is 2. The molecule has 0 unspecified atom stereocenters. The second-order valence-electron chi connectivity index (χ2n) is 5.07. The van der Waals surface area contributed by atoms with Crippen LogP contribution in [-0.4, -0.2) is 28.9 Å². The van der Waals surface area contributed by atoms with Crippen LogP contribution < -0.4 is 4.74 Å². The van der Waals surface area contributed by atoms with Crippen LogP contribution in [0.1, 0.15) is 31.8 Å². The standard InChI is InChI=1S/C19H14N2O3/c1-24-15-9-7-14(8-10-15)19(23)17-12-21-20-11-16(17)18(22)13-5-3-2-4-6-13/h2-12H,1H3. The second-order valence-corrected chi connectivity index (χ2v) is 5.07. The van der Waals surface area contributed by atoms with Crippen LogP contribution in [0.15, 0.2) is 67.0 Å². The molecule has 3 aromatic rings. The summed E-state index contributed by atoms with van der Waals surface area (Å²) in [7, 11) is 1.56. The number of hydrogen-bond acceptors (Lipinski definition) is 5. The number of rotatable bonds is 5. The molecule has 1 aromatic heterocycles. The first kappa shape index (κ1) is 15.6. The highest BCUT2D eigenvalue weighted by atomic mass is 16.5. The Morgan fingerprint density at radius 3 is 1.75 bits per heavy atom. The molecule has 0 radical (unpaired) electrons. The smallest absolute Gasteiger partial charge is 0.195 e. The van der Waals surface area contributed by atoms with Gasteiger partial charge < -0.3 is 4.74 Å². The molecule has 0 bridgehead atoms. The summed E-state index contributed by atoms with van der Waals surface area (Å²) < 4.78 is 5.09. The van der Waals surface area contributed by atoms with Crippen molar-refractivity contribution in [2.75, 3.05) is 7.11 Å².